The van der Waals surface area contributed by atoms with Gasteiger partial charge in [-0.3, -0.25) is 0 Å². The number of benzene rings is 2. The van der Waals surface area contributed by atoms with Crippen molar-refractivity contribution < 1.29 is 12.8 Å². The third-order valence-electron chi connectivity index (χ3n) is 3.55. The quantitative estimate of drug-likeness (QED) is 0.712. The molecule has 6 heteroatoms. The van der Waals surface area contributed by atoms with Crippen molar-refractivity contribution in [3.8, 4) is 5.69 Å². The van der Waals surface area contributed by atoms with E-state index in [1.165, 1.54) is 16.8 Å². The molecule has 124 valence electrons. The summed E-state index contributed by atoms with van der Waals surface area (Å²) in [7, 11) is -3.33. The first kappa shape index (κ1) is 16.4. The Labute approximate surface area is 140 Å². The molecule has 1 aromatic heterocycles. The highest BCUT2D eigenvalue weighted by molar-refractivity contribution is 7.89. The van der Waals surface area contributed by atoms with Crippen molar-refractivity contribution >= 4 is 9.84 Å². The summed E-state index contributed by atoms with van der Waals surface area (Å²) in [5, 5.41) is 4.24. The Morgan fingerprint density at radius 3 is 2.58 bits per heavy atom. The average molecular weight is 344 g/mol. The van der Waals surface area contributed by atoms with Gasteiger partial charge in [-0.05, 0) is 36.8 Å². The third-order valence-corrected chi connectivity index (χ3v) is 5.06. The van der Waals surface area contributed by atoms with Crippen LogP contribution in [0.25, 0.3) is 5.69 Å². The Morgan fingerprint density at radius 2 is 1.83 bits per heavy atom. The lowest BCUT2D eigenvalue weighted by Crippen LogP contribution is -2.08. The zero-order chi connectivity index (χ0) is 17.2. The summed E-state index contributed by atoms with van der Waals surface area (Å²) in [6.07, 6.45) is 1.63. The van der Waals surface area contributed by atoms with Gasteiger partial charge in [0.05, 0.1) is 22.9 Å². The van der Waals surface area contributed by atoms with Crippen molar-refractivity contribution in [2.75, 3.05) is 0 Å². The van der Waals surface area contributed by atoms with Gasteiger partial charge in [-0.25, -0.2) is 17.5 Å². The van der Waals surface area contributed by atoms with Crippen LogP contribution in [-0.2, 0) is 21.3 Å². The van der Waals surface area contributed by atoms with E-state index in [1.54, 1.807) is 30.5 Å². The molecule has 0 saturated heterocycles. The number of aryl methyl sites for hydroxylation is 1. The molecule has 0 fully saturated rings. The van der Waals surface area contributed by atoms with E-state index in [2.05, 4.69) is 5.10 Å². The molecule has 0 aliphatic carbocycles. The topological polar surface area (TPSA) is 52.0 Å². The molecule has 0 aliphatic heterocycles. The van der Waals surface area contributed by atoms with Crippen molar-refractivity contribution in [2.45, 2.75) is 18.4 Å². The fourth-order valence-corrected chi connectivity index (χ4v) is 3.93. The molecular weight excluding hydrogens is 327 g/mol. The van der Waals surface area contributed by atoms with E-state index in [4.69, 9.17) is 0 Å². The molecular formula is C18H17FN2O2S. The van der Waals surface area contributed by atoms with E-state index in [0.29, 0.717) is 11.4 Å². The highest BCUT2D eigenvalue weighted by Crippen LogP contribution is 2.14. The molecule has 0 N–H and O–H groups in total. The number of rotatable bonds is 5. The summed E-state index contributed by atoms with van der Waals surface area (Å²) in [4.78, 5) is 0. The summed E-state index contributed by atoms with van der Waals surface area (Å²) in [6.45, 7) is 1.93. The molecule has 3 rings (SSSR count). The Balaban J connectivity index is 1.76. The largest absolute Gasteiger partial charge is 0.241 e. The van der Waals surface area contributed by atoms with Gasteiger partial charge in [0, 0.05) is 6.20 Å². The third kappa shape index (κ3) is 4.08. The van der Waals surface area contributed by atoms with Gasteiger partial charge in [-0.15, -0.1) is 0 Å². The van der Waals surface area contributed by atoms with E-state index in [9.17, 15) is 12.8 Å². The van der Waals surface area contributed by atoms with Crippen LogP contribution in [-0.4, -0.2) is 18.2 Å². The van der Waals surface area contributed by atoms with E-state index >= 15 is 0 Å². The van der Waals surface area contributed by atoms with Crippen LogP contribution in [0.2, 0.25) is 0 Å². The molecule has 24 heavy (non-hydrogen) atoms. The zero-order valence-corrected chi connectivity index (χ0v) is 14.0. The lowest BCUT2D eigenvalue weighted by molar-refractivity contribution is 0.593. The molecule has 0 unspecified atom stereocenters. The monoisotopic (exact) mass is 344 g/mol. The van der Waals surface area contributed by atoms with Gasteiger partial charge < -0.3 is 0 Å². The van der Waals surface area contributed by atoms with E-state index in [0.717, 1.165) is 11.1 Å². The van der Waals surface area contributed by atoms with Gasteiger partial charge in [0.25, 0.3) is 0 Å². The maximum Gasteiger partial charge on any atom is 0.160 e. The lowest BCUT2D eigenvalue weighted by atomic mass is 10.2. The van der Waals surface area contributed by atoms with Crippen LogP contribution in [0, 0.1) is 12.7 Å². The summed E-state index contributed by atoms with van der Waals surface area (Å²) in [6, 6.07) is 15.1. The number of sulfone groups is 1. The molecule has 2 aromatic carbocycles. The van der Waals surface area contributed by atoms with Crippen molar-refractivity contribution in [3.63, 3.8) is 0 Å². The fraction of sp³-hybridized carbons (Fsp3) is 0.167. The van der Waals surface area contributed by atoms with Crippen LogP contribution in [0.5, 0.6) is 0 Å². The Kier molecular flexibility index (Phi) is 4.49. The van der Waals surface area contributed by atoms with Gasteiger partial charge in [-0.2, -0.15) is 5.10 Å². The van der Waals surface area contributed by atoms with Gasteiger partial charge in [0.1, 0.15) is 5.82 Å². The van der Waals surface area contributed by atoms with Crippen LogP contribution in [0.3, 0.4) is 0 Å². The van der Waals surface area contributed by atoms with E-state index in [-0.39, 0.29) is 17.3 Å². The van der Waals surface area contributed by atoms with Crippen LogP contribution >= 0.6 is 0 Å². The minimum absolute atomic E-state index is 0.0263. The first-order chi connectivity index (χ1) is 11.4. The van der Waals surface area contributed by atoms with Crippen molar-refractivity contribution in [2.24, 2.45) is 0 Å². The molecule has 0 bridgehead atoms. The molecule has 0 saturated carbocycles. The maximum absolute atomic E-state index is 13.3. The Morgan fingerprint density at radius 1 is 1.04 bits per heavy atom. The highest BCUT2D eigenvalue weighted by atomic mass is 32.2. The summed E-state index contributed by atoms with van der Waals surface area (Å²) < 4.78 is 39.5. The molecule has 0 atom stereocenters. The fourth-order valence-electron chi connectivity index (χ4n) is 2.53. The predicted octanol–water partition coefficient (Wildman–Crippen LogP) is 3.43. The minimum atomic E-state index is -3.33. The molecule has 0 aliphatic rings. The highest BCUT2D eigenvalue weighted by Gasteiger charge is 2.15. The Hall–Kier alpha value is -2.47. The molecule has 0 spiro atoms. The number of hydrogen-bond acceptors (Lipinski definition) is 3. The number of hydrogen-bond donors (Lipinski definition) is 0. The van der Waals surface area contributed by atoms with Crippen LogP contribution in [0.1, 0.15) is 16.8 Å². The SMILES string of the molecule is Cc1cccc(CS(=O)(=O)Cc2ccn(-c3cccc(F)c3)n2)c1. The second-order valence-corrected chi connectivity index (χ2v) is 7.82. The standard InChI is InChI=1S/C18H17FN2O2S/c1-14-4-2-5-15(10-14)12-24(22,23)13-17-8-9-21(20-17)18-7-3-6-16(19)11-18/h2-11H,12-13H2,1H3. The molecule has 1 heterocycles. The number of halogens is 1. The van der Waals surface area contributed by atoms with Crippen molar-refractivity contribution in [1.29, 1.82) is 0 Å². The summed E-state index contributed by atoms with van der Waals surface area (Å²) in [5.74, 6) is -0.540. The second-order valence-electron chi connectivity index (χ2n) is 5.75. The van der Waals surface area contributed by atoms with Crippen LogP contribution < -0.4 is 0 Å². The Bertz CT molecular complexity index is 964. The smallest absolute Gasteiger partial charge is 0.160 e. The summed E-state index contributed by atoms with van der Waals surface area (Å²) >= 11 is 0. The van der Waals surface area contributed by atoms with Crippen molar-refractivity contribution in [3.05, 3.63) is 83.4 Å². The first-order valence-corrected chi connectivity index (χ1v) is 9.30. The lowest BCUT2D eigenvalue weighted by Gasteiger charge is -2.04. The predicted molar refractivity (Wildman–Crippen MR) is 91.0 cm³/mol. The molecule has 4 nitrogen and oxygen atoms in total. The summed E-state index contributed by atoms with van der Waals surface area (Å²) in [5.41, 5.74) is 2.78. The van der Waals surface area contributed by atoms with E-state index < -0.39 is 9.84 Å². The maximum atomic E-state index is 13.3. The van der Waals surface area contributed by atoms with Gasteiger partial charge in [0.15, 0.2) is 9.84 Å². The zero-order valence-electron chi connectivity index (χ0n) is 13.2. The molecule has 3 aromatic rings. The molecule has 0 amide bonds. The van der Waals surface area contributed by atoms with E-state index in [1.807, 2.05) is 25.1 Å². The van der Waals surface area contributed by atoms with Crippen LogP contribution in [0.4, 0.5) is 4.39 Å². The van der Waals surface area contributed by atoms with Gasteiger partial charge in [0.2, 0.25) is 0 Å². The average Bonchev–Trinajstić information content (AvgIpc) is 2.94. The van der Waals surface area contributed by atoms with Crippen molar-refractivity contribution in [1.82, 2.24) is 9.78 Å². The normalized spacial score (nSPS) is 11.6. The minimum Gasteiger partial charge on any atom is -0.241 e. The number of nitrogens with zero attached hydrogens (tertiary/aromatic N) is 2. The van der Waals surface area contributed by atoms with Gasteiger partial charge in [-0.1, -0.05) is 35.9 Å². The van der Waals surface area contributed by atoms with Crippen LogP contribution in [0.15, 0.2) is 60.8 Å². The van der Waals surface area contributed by atoms with Gasteiger partial charge >= 0.3 is 0 Å². The number of aromatic nitrogens is 2. The first-order valence-electron chi connectivity index (χ1n) is 7.48. The second kappa shape index (κ2) is 6.57. The molecule has 0 radical (unpaired) electrons.